The van der Waals surface area contributed by atoms with Gasteiger partial charge in [-0.15, -0.1) is 0 Å². The molecule has 2 fully saturated rings. The maximum absolute atomic E-state index is 12.4. The first-order chi connectivity index (χ1) is 15.3. The molecule has 2 saturated heterocycles. The lowest BCUT2D eigenvalue weighted by atomic mass is 9.79. The molecule has 0 amide bonds. The third kappa shape index (κ3) is 4.88. The highest BCUT2D eigenvalue weighted by Gasteiger charge is 2.31. The van der Waals surface area contributed by atoms with Crippen LogP contribution in [-0.4, -0.2) is 63.3 Å². The van der Waals surface area contributed by atoms with Gasteiger partial charge >= 0.3 is 0 Å². The Morgan fingerprint density at radius 3 is 1.94 bits per heavy atom. The quantitative estimate of drug-likeness (QED) is 0.624. The van der Waals surface area contributed by atoms with Gasteiger partial charge in [0.25, 0.3) is 0 Å². The number of benzene rings is 1. The number of piperidine rings is 2. The monoisotopic (exact) mass is 477 g/mol. The van der Waals surface area contributed by atoms with Crippen molar-refractivity contribution in [2.75, 3.05) is 55.0 Å². The lowest BCUT2D eigenvalue weighted by Gasteiger charge is -2.40. The maximum atomic E-state index is 12.4. The van der Waals surface area contributed by atoms with Crippen molar-refractivity contribution >= 4 is 38.1 Å². The first-order valence-corrected chi connectivity index (χ1v) is 13.9. The van der Waals surface area contributed by atoms with Crippen LogP contribution in [0.1, 0.15) is 39.5 Å². The summed E-state index contributed by atoms with van der Waals surface area (Å²) in [6.45, 7) is 7.69. The van der Waals surface area contributed by atoms with Gasteiger partial charge in [-0.2, -0.15) is 9.36 Å². The Hall–Kier alpha value is -1.87. The van der Waals surface area contributed by atoms with Crippen LogP contribution < -0.4 is 14.7 Å². The Kier molecular flexibility index (Phi) is 6.95. The average Bonchev–Trinajstić information content (AvgIpc) is 3.30. The van der Waals surface area contributed by atoms with E-state index in [-0.39, 0.29) is 0 Å². The zero-order valence-corrected chi connectivity index (χ0v) is 21.2. The van der Waals surface area contributed by atoms with Gasteiger partial charge in [-0.1, -0.05) is 0 Å². The minimum absolute atomic E-state index is 0.391. The molecule has 1 aromatic heterocycles. The highest BCUT2D eigenvalue weighted by atomic mass is 32.2. The normalized spacial score (nSPS) is 19.0. The van der Waals surface area contributed by atoms with E-state index in [0.717, 1.165) is 54.8 Å². The molecule has 0 spiro atoms. The number of aromatic nitrogens is 2. The van der Waals surface area contributed by atoms with Gasteiger partial charge in [0.15, 0.2) is 9.84 Å². The lowest BCUT2D eigenvalue weighted by molar-refractivity contribution is 0.233. The van der Waals surface area contributed by atoms with Gasteiger partial charge in [-0.05, 0) is 75.6 Å². The lowest BCUT2D eigenvalue weighted by Crippen LogP contribution is -2.41. The molecule has 9 heteroatoms. The molecular weight excluding hydrogens is 442 g/mol. The Morgan fingerprint density at radius 2 is 1.47 bits per heavy atom. The molecule has 2 aliphatic heterocycles. The highest BCUT2D eigenvalue weighted by Crippen LogP contribution is 2.35. The van der Waals surface area contributed by atoms with Gasteiger partial charge in [-0.3, -0.25) is 0 Å². The second-order valence-corrected chi connectivity index (χ2v) is 12.7. The Morgan fingerprint density at radius 1 is 0.938 bits per heavy atom. The van der Waals surface area contributed by atoms with Crippen molar-refractivity contribution in [3.63, 3.8) is 0 Å². The summed E-state index contributed by atoms with van der Waals surface area (Å²) in [6, 6.07) is 7.47. The van der Waals surface area contributed by atoms with E-state index >= 15 is 0 Å². The molecule has 0 saturated carbocycles. The van der Waals surface area contributed by atoms with E-state index in [0.29, 0.717) is 4.90 Å². The predicted molar refractivity (Wildman–Crippen MR) is 133 cm³/mol. The van der Waals surface area contributed by atoms with Crippen molar-refractivity contribution in [1.82, 2.24) is 9.36 Å². The predicted octanol–water partition coefficient (Wildman–Crippen LogP) is 3.92. The topological polar surface area (TPSA) is 69.6 Å². The molecule has 0 bridgehead atoms. The van der Waals surface area contributed by atoms with E-state index in [4.69, 9.17) is 0 Å². The molecule has 0 N–H and O–H groups in total. The smallest absolute Gasteiger partial charge is 0.238 e. The molecule has 176 valence electrons. The van der Waals surface area contributed by atoms with Gasteiger partial charge in [0.05, 0.1) is 10.1 Å². The molecule has 0 aliphatic carbocycles. The number of anilines is 3. The zero-order chi connectivity index (χ0) is 22.9. The maximum Gasteiger partial charge on any atom is 0.238 e. The fraction of sp³-hybridized carbons (Fsp3) is 0.652. The van der Waals surface area contributed by atoms with Gasteiger partial charge in [0.2, 0.25) is 11.1 Å². The molecule has 2 aliphatic rings. The van der Waals surface area contributed by atoms with E-state index in [2.05, 4.69) is 19.2 Å². The molecule has 3 heterocycles. The fourth-order valence-electron chi connectivity index (χ4n) is 4.83. The second-order valence-electron chi connectivity index (χ2n) is 9.51. The largest absolute Gasteiger partial charge is 0.372 e. The van der Waals surface area contributed by atoms with Crippen LogP contribution in [0.3, 0.4) is 0 Å². The van der Waals surface area contributed by atoms with Crippen LogP contribution in [0.15, 0.2) is 29.2 Å². The minimum atomic E-state index is -3.21. The van der Waals surface area contributed by atoms with Crippen molar-refractivity contribution in [2.24, 2.45) is 11.8 Å². The van der Waals surface area contributed by atoms with Crippen LogP contribution in [0, 0.1) is 11.8 Å². The Balaban J connectivity index is 1.28. The number of hydrogen-bond donors (Lipinski definition) is 0. The van der Waals surface area contributed by atoms with E-state index in [1.807, 2.05) is 31.1 Å². The van der Waals surface area contributed by atoms with Crippen LogP contribution in [0.2, 0.25) is 0 Å². The van der Waals surface area contributed by atoms with E-state index in [9.17, 15) is 8.42 Å². The van der Waals surface area contributed by atoms with Crippen molar-refractivity contribution in [3.8, 4) is 0 Å². The van der Waals surface area contributed by atoms with Crippen LogP contribution in [0.25, 0.3) is 0 Å². The summed E-state index contributed by atoms with van der Waals surface area (Å²) in [4.78, 5) is 11.8. The summed E-state index contributed by atoms with van der Waals surface area (Å²) in [6.07, 6.45) is 4.87. The average molecular weight is 478 g/mol. The van der Waals surface area contributed by atoms with Gasteiger partial charge in [-0.25, -0.2) is 8.42 Å². The van der Waals surface area contributed by atoms with Crippen molar-refractivity contribution in [3.05, 3.63) is 24.3 Å². The van der Waals surface area contributed by atoms with Crippen molar-refractivity contribution in [2.45, 2.75) is 49.7 Å². The zero-order valence-electron chi connectivity index (χ0n) is 19.6. The van der Waals surface area contributed by atoms with Crippen molar-refractivity contribution in [1.29, 1.82) is 0 Å². The number of nitrogens with zero attached hydrogens (tertiary/aromatic N) is 5. The van der Waals surface area contributed by atoms with Crippen LogP contribution in [-0.2, 0) is 9.84 Å². The number of sulfone groups is 1. The summed E-state index contributed by atoms with van der Waals surface area (Å²) in [5.74, 6) is 2.36. The Bertz CT molecular complexity index is 988. The third-order valence-electron chi connectivity index (χ3n) is 6.97. The molecular formula is C23H35N5O2S2. The number of hydrogen-bond acceptors (Lipinski definition) is 8. The molecule has 4 rings (SSSR count). The fourth-order valence-corrected chi connectivity index (χ4v) is 6.68. The van der Waals surface area contributed by atoms with Gasteiger partial charge in [0.1, 0.15) is 0 Å². The summed E-state index contributed by atoms with van der Waals surface area (Å²) in [7, 11) is 0.749. The van der Waals surface area contributed by atoms with E-state index in [1.165, 1.54) is 37.2 Å². The molecule has 2 aromatic rings. The van der Waals surface area contributed by atoms with E-state index in [1.54, 1.807) is 26.0 Å². The molecule has 0 unspecified atom stereocenters. The first kappa shape index (κ1) is 23.3. The van der Waals surface area contributed by atoms with Gasteiger partial charge in [0, 0.05) is 57.5 Å². The third-order valence-corrected chi connectivity index (χ3v) is 9.91. The second kappa shape index (κ2) is 9.55. The first-order valence-electron chi connectivity index (χ1n) is 11.6. The number of rotatable bonds is 6. The van der Waals surface area contributed by atoms with Gasteiger partial charge < -0.3 is 14.7 Å². The molecule has 1 aromatic carbocycles. The van der Waals surface area contributed by atoms with Crippen LogP contribution >= 0.6 is 11.5 Å². The summed E-state index contributed by atoms with van der Waals surface area (Å²) >= 11 is 1.50. The highest BCUT2D eigenvalue weighted by molar-refractivity contribution is 7.92. The SMILES string of the molecule is CC(C)S(=O)(=O)c1ccc(N2CCC(C3CCN(c4nc(N(C)C)ns4)CC3)CC2)cc1. The molecule has 32 heavy (non-hydrogen) atoms. The summed E-state index contributed by atoms with van der Waals surface area (Å²) in [5, 5.41) is 0.655. The minimum Gasteiger partial charge on any atom is -0.372 e. The van der Waals surface area contributed by atoms with Crippen LogP contribution in [0.4, 0.5) is 16.8 Å². The summed E-state index contributed by atoms with van der Waals surface area (Å²) < 4.78 is 29.2. The Labute approximate surface area is 196 Å². The molecule has 0 atom stereocenters. The summed E-state index contributed by atoms with van der Waals surface area (Å²) in [5.41, 5.74) is 1.13. The van der Waals surface area contributed by atoms with E-state index < -0.39 is 15.1 Å². The van der Waals surface area contributed by atoms with Crippen molar-refractivity contribution < 1.29 is 8.42 Å². The standard InChI is InChI=1S/C23H35N5O2S2/c1-17(2)32(29,30)21-7-5-20(6-8-21)27-13-9-18(10-14-27)19-11-15-28(16-12-19)23-24-22(25-31-23)26(3)4/h5-8,17-19H,9-16H2,1-4H3. The molecule has 0 radical (unpaired) electrons. The molecule has 7 nitrogen and oxygen atoms in total. The van der Waals surface area contributed by atoms with Crippen LogP contribution in [0.5, 0.6) is 0 Å².